The lowest BCUT2D eigenvalue weighted by molar-refractivity contribution is 0.211. The molecule has 0 fully saturated rings. The molecule has 0 amide bonds. The Bertz CT molecular complexity index is 498. The third kappa shape index (κ3) is 2.65. The molecule has 0 spiro atoms. The van der Waals surface area contributed by atoms with Gasteiger partial charge in [0.05, 0.1) is 30.3 Å². The number of halogens is 1. The maximum Gasteiger partial charge on any atom is 0.121 e. The number of aromatic nitrogens is 1. The van der Waals surface area contributed by atoms with E-state index in [1.54, 1.807) is 7.11 Å². The molecule has 0 aliphatic carbocycles. The number of ether oxygens (including phenoxy) is 1. The number of nitrogens with one attached hydrogen (secondary N) is 2. The van der Waals surface area contributed by atoms with Crippen molar-refractivity contribution in [1.82, 2.24) is 4.98 Å². The lowest BCUT2D eigenvalue weighted by Gasteiger charge is -2.12. The van der Waals surface area contributed by atoms with Crippen molar-refractivity contribution in [2.75, 3.05) is 24.9 Å². The number of alkyl halides is 1. The number of aliphatic hydroxyl groups is 1. The van der Waals surface area contributed by atoms with E-state index >= 15 is 0 Å². The van der Waals surface area contributed by atoms with Crippen molar-refractivity contribution in [3.05, 3.63) is 24.4 Å². The molecule has 2 aromatic rings. The quantitative estimate of drug-likeness (QED) is 0.717. The number of fused-ring (bicyclic) bond motifs is 1. The molecule has 1 atom stereocenters. The predicted molar refractivity (Wildman–Crippen MR) is 70.1 cm³/mol. The summed E-state index contributed by atoms with van der Waals surface area (Å²) in [5, 5.41) is 13.6. The van der Waals surface area contributed by atoms with Gasteiger partial charge in [0.15, 0.2) is 0 Å². The first-order valence-corrected chi connectivity index (χ1v) is 5.91. The number of hydrogen-bond donors (Lipinski definition) is 3. The van der Waals surface area contributed by atoms with Crippen molar-refractivity contribution in [2.45, 2.75) is 6.10 Å². The maximum atomic E-state index is 9.43. The third-order valence-electron chi connectivity index (χ3n) is 2.57. The predicted octanol–water partition coefficient (Wildman–Crippen LogP) is 2.19. The maximum absolute atomic E-state index is 9.43. The van der Waals surface area contributed by atoms with Crippen molar-refractivity contribution in [2.24, 2.45) is 0 Å². The van der Waals surface area contributed by atoms with Gasteiger partial charge >= 0.3 is 0 Å². The molecule has 3 N–H and O–H groups in total. The second kappa shape index (κ2) is 5.29. The van der Waals surface area contributed by atoms with E-state index in [1.165, 1.54) is 0 Å². The number of aromatic amines is 1. The highest BCUT2D eigenvalue weighted by atomic mass is 35.5. The van der Waals surface area contributed by atoms with Crippen LogP contribution in [0.4, 0.5) is 5.69 Å². The van der Waals surface area contributed by atoms with Crippen LogP contribution in [-0.4, -0.2) is 35.7 Å². The smallest absolute Gasteiger partial charge is 0.121 e. The van der Waals surface area contributed by atoms with Gasteiger partial charge in [-0.2, -0.15) is 0 Å². The molecule has 17 heavy (non-hydrogen) atoms. The van der Waals surface area contributed by atoms with Crippen LogP contribution >= 0.6 is 11.6 Å². The topological polar surface area (TPSA) is 57.3 Å². The lowest BCUT2D eigenvalue weighted by Crippen LogP contribution is -2.20. The molecule has 0 radical (unpaired) electrons. The van der Waals surface area contributed by atoms with Crippen LogP contribution in [0.25, 0.3) is 10.9 Å². The molecule has 0 saturated heterocycles. The second-order valence-electron chi connectivity index (χ2n) is 3.81. The molecule has 0 bridgehead atoms. The number of methoxy groups -OCH3 is 1. The monoisotopic (exact) mass is 254 g/mol. The van der Waals surface area contributed by atoms with Crippen molar-refractivity contribution >= 4 is 28.2 Å². The third-order valence-corrected chi connectivity index (χ3v) is 2.93. The molecule has 92 valence electrons. The molecular weight excluding hydrogens is 240 g/mol. The minimum absolute atomic E-state index is 0.213. The summed E-state index contributed by atoms with van der Waals surface area (Å²) in [4.78, 5) is 3.15. The Labute approximate surface area is 105 Å². The normalized spacial score (nSPS) is 12.6. The number of aliphatic hydroxyl groups excluding tert-OH is 1. The number of anilines is 1. The molecule has 1 heterocycles. The molecule has 1 aromatic heterocycles. The first kappa shape index (κ1) is 12.1. The van der Waals surface area contributed by atoms with E-state index in [0.29, 0.717) is 6.54 Å². The zero-order valence-electron chi connectivity index (χ0n) is 9.53. The van der Waals surface area contributed by atoms with Crippen molar-refractivity contribution in [3.63, 3.8) is 0 Å². The zero-order chi connectivity index (χ0) is 12.3. The van der Waals surface area contributed by atoms with Crippen LogP contribution in [0.5, 0.6) is 5.75 Å². The molecule has 2 rings (SSSR count). The number of benzene rings is 1. The minimum atomic E-state index is -0.562. The molecule has 5 heteroatoms. The highest BCUT2D eigenvalue weighted by molar-refractivity contribution is 6.18. The van der Waals surface area contributed by atoms with Gasteiger partial charge in [0.2, 0.25) is 0 Å². The highest BCUT2D eigenvalue weighted by Crippen LogP contribution is 2.28. The van der Waals surface area contributed by atoms with Gasteiger partial charge in [0.1, 0.15) is 5.75 Å². The van der Waals surface area contributed by atoms with Gasteiger partial charge in [0, 0.05) is 24.2 Å². The fourth-order valence-electron chi connectivity index (χ4n) is 1.68. The lowest BCUT2D eigenvalue weighted by atomic mass is 10.2. The first-order chi connectivity index (χ1) is 8.24. The van der Waals surface area contributed by atoms with Crippen LogP contribution in [0.2, 0.25) is 0 Å². The Morgan fingerprint density at radius 1 is 1.53 bits per heavy atom. The summed E-state index contributed by atoms with van der Waals surface area (Å²) in [6, 6.07) is 5.82. The number of H-pyrrole nitrogens is 1. The van der Waals surface area contributed by atoms with Crippen molar-refractivity contribution < 1.29 is 9.84 Å². The van der Waals surface area contributed by atoms with Gasteiger partial charge in [-0.05, 0) is 12.1 Å². The average molecular weight is 255 g/mol. The van der Waals surface area contributed by atoms with E-state index in [9.17, 15) is 5.11 Å². The largest absolute Gasteiger partial charge is 0.497 e. The van der Waals surface area contributed by atoms with Crippen LogP contribution in [0.15, 0.2) is 24.4 Å². The molecule has 0 saturated carbocycles. The summed E-state index contributed by atoms with van der Waals surface area (Å²) < 4.78 is 5.22. The Morgan fingerprint density at radius 2 is 2.35 bits per heavy atom. The summed E-state index contributed by atoms with van der Waals surface area (Å²) in [6.45, 7) is 0.408. The van der Waals surface area contributed by atoms with E-state index in [2.05, 4.69) is 10.3 Å². The first-order valence-electron chi connectivity index (χ1n) is 5.37. The van der Waals surface area contributed by atoms with Crippen LogP contribution in [0, 0.1) is 0 Å². The fourth-order valence-corrected chi connectivity index (χ4v) is 1.79. The summed E-state index contributed by atoms with van der Waals surface area (Å²) in [6.07, 6.45) is 1.31. The zero-order valence-corrected chi connectivity index (χ0v) is 10.3. The van der Waals surface area contributed by atoms with Crippen molar-refractivity contribution in [3.8, 4) is 5.75 Å². The van der Waals surface area contributed by atoms with Gasteiger partial charge in [-0.1, -0.05) is 0 Å². The molecule has 0 aliphatic rings. The molecule has 4 nitrogen and oxygen atoms in total. The SMILES string of the molecule is COc1cc(NCC(O)CCl)c2[nH]ccc2c1. The summed E-state index contributed by atoms with van der Waals surface area (Å²) in [5.41, 5.74) is 1.89. The highest BCUT2D eigenvalue weighted by Gasteiger charge is 2.07. The second-order valence-corrected chi connectivity index (χ2v) is 4.11. The molecule has 1 aromatic carbocycles. The Hall–Kier alpha value is -1.39. The van der Waals surface area contributed by atoms with E-state index in [1.807, 2.05) is 24.4 Å². The van der Waals surface area contributed by atoms with Crippen molar-refractivity contribution in [1.29, 1.82) is 0 Å². The number of hydrogen-bond acceptors (Lipinski definition) is 3. The van der Waals surface area contributed by atoms with Crippen LogP contribution in [-0.2, 0) is 0 Å². The standard InChI is InChI=1S/C12H15ClN2O2/c1-17-10-4-8-2-3-14-12(8)11(5-10)15-7-9(16)6-13/h2-5,9,14-16H,6-7H2,1H3. The summed E-state index contributed by atoms with van der Waals surface area (Å²) >= 11 is 5.55. The number of rotatable bonds is 5. The minimum Gasteiger partial charge on any atom is -0.497 e. The van der Waals surface area contributed by atoms with Crippen LogP contribution in [0.3, 0.4) is 0 Å². The van der Waals surface area contributed by atoms with Crippen LogP contribution in [0.1, 0.15) is 0 Å². The van der Waals surface area contributed by atoms with Gasteiger partial charge in [0.25, 0.3) is 0 Å². The van der Waals surface area contributed by atoms with E-state index in [-0.39, 0.29) is 5.88 Å². The van der Waals surface area contributed by atoms with Gasteiger partial charge in [-0.25, -0.2) is 0 Å². The van der Waals surface area contributed by atoms with Crippen LogP contribution < -0.4 is 10.1 Å². The summed E-state index contributed by atoms with van der Waals surface area (Å²) in [5.74, 6) is 0.991. The average Bonchev–Trinajstić information content (AvgIpc) is 2.83. The molecule has 1 unspecified atom stereocenters. The Morgan fingerprint density at radius 3 is 3.06 bits per heavy atom. The van der Waals surface area contributed by atoms with Gasteiger partial charge < -0.3 is 20.1 Å². The van der Waals surface area contributed by atoms with E-state index < -0.39 is 6.10 Å². The fraction of sp³-hybridized carbons (Fsp3) is 0.333. The molecular formula is C12H15ClN2O2. The van der Waals surface area contributed by atoms with E-state index in [4.69, 9.17) is 16.3 Å². The Kier molecular flexibility index (Phi) is 3.76. The Balaban J connectivity index is 2.27. The molecule has 0 aliphatic heterocycles. The summed E-state index contributed by atoms with van der Waals surface area (Å²) in [7, 11) is 1.63. The van der Waals surface area contributed by atoms with E-state index in [0.717, 1.165) is 22.3 Å². The van der Waals surface area contributed by atoms with Gasteiger partial charge in [-0.3, -0.25) is 0 Å². The van der Waals surface area contributed by atoms with Gasteiger partial charge in [-0.15, -0.1) is 11.6 Å².